The fraction of sp³-hybridized carbons (Fsp3) is 0.562. The van der Waals surface area contributed by atoms with Gasteiger partial charge in [-0.3, -0.25) is 0 Å². The van der Waals surface area contributed by atoms with Crippen LogP contribution in [0.5, 0.6) is 5.75 Å². The normalized spacial score (nSPS) is 22.3. The van der Waals surface area contributed by atoms with Crippen LogP contribution in [0.3, 0.4) is 0 Å². The van der Waals surface area contributed by atoms with Crippen molar-refractivity contribution < 1.29 is 4.74 Å². The minimum Gasteiger partial charge on any atom is -0.489 e. The van der Waals surface area contributed by atoms with Crippen LogP contribution in [-0.4, -0.2) is 27.2 Å². The van der Waals surface area contributed by atoms with Gasteiger partial charge in [-0.1, -0.05) is 6.07 Å². The largest absolute Gasteiger partial charge is 0.489 e. The molecule has 1 fully saturated rings. The fourth-order valence-electron chi connectivity index (χ4n) is 3.20. The van der Waals surface area contributed by atoms with Gasteiger partial charge in [-0.25, -0.2) is 0 Å². The van der Waals surface area contributed by atoms with Gasteiger partial charge < -0.3 is 14.3 Å². The summed E-state index contributed by atoms with van der Waals surface area (Å²) in [5.74, 6) is 0.895. The summed E-state index contributed by atoms with van der Waals surface area (Å²) in [4.78, 5) is 3.36. The van der Waals surface area contributed by atoms with Gasteiger partial charge in [0.15, 0.2) is 4.77 Å². The number of nitrogens with zero attached hydrogens (tertiary/aromatic N) is 1. The number of fused-ring (bicyclic) bond motifs is 1. The molecule has 0 spiro atoms. The highest BCUT2D eigenvalue weighted by atomic mass is 32.2. The molecule has 0 radical (unpaired) electrons. The zero-order chi connectivity index (χ0) is 15.0. The van der Waals surface area contributed by atoms with E-state index in [0.29, 0.717) is 6.04 Å². The Labute approximate surface area is 135 Å². The first-order valence-corrected chi connectivity index (χ1v) is 9.22. The second-order valence-electron chi connectivity index (χ2n) is 5.94. The monoisotopic (exact) mass is 322 g/mol. The maximum Gasteiger partial charge on any atom is 0.178 e. The van der Waals surface area contributed by atoms with Crippen molar-refractivity contribution in [2.75, 3.05) is 6.26 Å². The van der Waals surface area contributed by atoms with Crippen molar-refractivity contribution in [2.24, 2.45) is 0 Å². The number of imidazole rings is 1. The van der Waals surface area contributed by atoms with Gasteiger partial charge in [0.25, 0.3) is 0 Å². The highest BCUT2D eigenvalue weighted by molar-refractivity contribution is 7.99. The lowest BCUT2D eigenvalue weighted by molar-refractivity contribution is 0.245. The molecule has 0 saturated heterocycles. The van der Waals surface area contributed by atoms with Crippen LogP contribution in [0.4, 0.5) is 0 Å². The predicted octanol–water partition coefficient (Wildman–Crippen LogP) is 4.94. The Hall–Kier alpha value is -0.940. The number of hydrogen-bond donors (Lipinski definition) is 1. The van der Waals surface area contributed by atoms with E-state index in [0.717, 1.165) is 21.3 Å². The lowest BCUT2D eigenvalue weighted by atomic mass is 10.2. The summed E-state index contributed by atoms with van der Waals surface area (Å²) in [6.07, 6.45) is 6.06. The number of benzene rings is 1. The molecule has 2 unspecified atom stereocenters. The molecule has 2 aromatic rings. The molecule has 1 N–H and O–H groups in total. The highest BCUT2D eigenvalue weighted by Gasteiger charge is 2.27. The van der Waals surface area contributed by atoms with Gasteiger partial charge >= 0.3 is 0 Å². The molecule has 2 atom stereocenters. The van der Waals surface area contributed by atoms with Crippen molar-refractivity contribution >= 4 is 35.0 Å². The van der Waals surface area contributed by atoms with Crippen molar-refractivity contribution in [3.05, 3.63) is 23.0 Å². The fourth-order valence-corrected chi connectivity index (χ4v) is 4.34. The smallest absolute Gasteiger partial charge is 0.178 e. The topological polar surface area (TPSA) is 29.9 Å². The average Bonchev–Trinajstić information content (AvgIpc) is 3.02. The third-order valence-corrected chi connectivity index (χ3v) is 5.53. The Balaban J connectivity index is 2.04. The summed E-state index contributed by atoms with van der Waals surface area (Å²) in [5.41, 5.74) is 2.20. The molecule has 1 aromatic carbocycles. The molecule has 1 saturated carbocycles. The minimum atomic E-state index is 0.160. The molecule has 3 rings (SSSR count). The molecule has 3 nitrogen and oxygen atoms in total. The number of thioether (sulfide) groups is 1. The van der Waals surface area contributed by atoms with Gasteiger partial charge in [0.05, 0.1) is 11.6 Å². The highest BCUT2D eigenvalue weighted by Crippen LogP contribution is 2.39. The molecule has 21 heavy (non-hydrogen) atoms. The quantitative estimate of drug-likeness (QED) is 0.808. The van der Waals surface area contributed by atoms with Crippen LogP contribution in [0.2, 0.25) is 0 Å². The molecule has 1 heterocycles. The maximum absolute atomic E-state index is 5.91. The first-order valence-electron chi connectivity index (χ1n) is 7.53. The number of aromatic nitrogens is 2. The number of H-pyrrole nitrogens is 1. The Morgan fingerprint density at radius 3 is 2.86 bits per heavy atom. The van der Waals surface area contributed by atoms with Crippen molar-refractivity contribution in [3.8, 4) is 5.75 Å². The maximum atomic E-state index is 5.91. The third kappa shape index (κ3) is 2.86. The third-order valence-electron chi connectivity index (χ3n) is 4.13. The van der Waals surface area contributed by atoms with Crippen molar-refractivity contribution in [1.29, 1.82) is 0 Å². The second-order valence-corrected chi connectivity index (χ2v) is 7.47. The van der Waals surface area contributed by atoms with Gasteiger partial charge in [-0.05, 0) is 63.7 Å². The molecule has 0 aliphatic heterocycles. The van der Waals surface area contributed by atoms with Crippen LogP contribution in [0, 0.1) is 4.77 Å². The molecule has 1 aliphatic rings. The molecular weight excluding hydrogens is 300 g/mol. The zero-order valence-electron chi connectivity index (χ0n) is 12.8. The minimum absolute atomic E-state index is 0.160. The van der Waals surface area contributed by atoms with E-state index in [4.69, 9.17) is 17.0 Å². The Morgan fingerprint density at radius 2 is 2.19 bits per heavy atom. The van der Waals surface area contributed by atoms with Gasteiger partial charge in [0.1, 0.15) is 11.3 Å². The van der Waals surface area contributed by atoms with E-state index in [1.54, 1.807) is 0 Å². The van der Waals surface area contributed by atoms with Crippen LogP contribution in [0.25, 0.3) is 11.0 Å². The van der Waals surface area contributed by atoms with Crippen LogP contribution in [0.15, 0.2) is 18.2 Å². The number of ether oxygens (including phenoxy) is 1. The lowest BCUT2D eigenvalue weighted by Crippen LogP contribution is -2.07. The molecule has 1 aromatic heterocycles. The summed E-state index contributed by atoms with van der Waals surface area (Å²) in [7, 11) is 0. The number of para-hydroxylation sites is 1. The Kier molecular flexibility index (Phi) is 4.31. The van der Waals surface area contributed by atoms with Crippen LogP contribution >= 0.6 is 24.0 Å². The van der Waals surface area contributed by atoms with E-state index < -0.39 is 0 Å². The van der Waals surface area contributed by atoms with E-state index in [9.17, 15) is 0 Å². The van der Waals surface area contributed by atoms with Gasteiger partial charge in [-0.15, -0.1) is 0 Å². The lowest BCUT2D eigenvalue weighted by Gasteiger charge is -2.14. The first kappa shape index (κ1) is 15.0. The van der Waals surface area contributed by atoms with E-state index >= 15 is 0 Å². The molecule has 0 amide bonds. The Morgan fingerprint density at radius 1 is 1.38 bits per heavy atom. The number of hydrogen-bond acceptors (Lipinski definition) is 3. The molecular formula is C16H22N2OS2. The van der Waals surface area contributed by atoms with E-state index in [1.165, 1.54) is 24.8 Å². The summed E-state index contributed by atoms with van der Waals surface area (Å²) < 4.78 is 9.02. The van der Waals surface area contributed by atoms with Crippen LogP contribution < -0.4 is 4.74 Å². The zero-order valence-corrected chi connectivity index (χ0v) is 14.4. The molecule has 5 heteroatoms. The van der Waals surface area contributed by atoms with Crippen molar-refractivity contribution in [1.82, 2.24) is 9.55 Å². The average molecular weight is 322 g/mol. The predicted molar refractivity (Wildman–Crippen MR) is 93.1 cm³/mol. The van der Waals surface area contributed by atoms with Crippen LogP contribution in [-0.2, 0) is 0 Å². The SMILES string of the molecule is CSC1CCC(n2c(=S)[nH]c3c(OC(C)C)cccc32)C1. The molecule has 1 aliphatic carbocycles. The molecule has 114 valence electrons. The molecule has 0 bridgehead atoms. The standard InChI is InChI=1S/C16H22N2OS2/c1-10(2)19-14-6-4-5-13-15(14)17-16(20)18(13)11-7-8-12(9-11)21-3/h4-6,10-12H,7-9H2,1-3H3,(H,17,20). The van der Waals surface area contributed by atoms with Crippen LogP contribution in [0.1, 0.15) is 39.2 Å². The summed E-state index contributed by atoms with van der Waals surface area (Å²) in [6, 6.07) is 6.72. The van der Waals surface area contributed by atoms with Gasteiger partial charge in [0.2, 0.25) is 0 Å². The number of aromatic amines is 1. The summed E-state index contributed by atoms with van der Waals surface area (Å²) in [6.45, 7) is 4.09. The second kappa shape index (κ2) is 6.05. The van der Waals surface area contributed by atoms with Crippen molar-refractivity contribution in [2.45, 2.75) is 50.5 Å². The van der Waals surface area contributed by atoms with Crippen molar-refractivity contribution in [3.63, 3.8) is 0 Å². The van der Waals surface area contributed by atoms with E-state index in [2.05, 4.69) is 27.9 Å². The Bertz CT molecular complexity index is 689. The van der Waals surface area contributed by atoms with E-state index in [1.807, 2.05) is 31.7 Å². The van der Waals surface area contributed by atoms with Gasteiger partial charge in [-0.2, -0.15) is 11.8 Å². The first-order chi connectivity index (χ1) is 10.1. The number of rotatable bonds is 4. The summed E-state index contributed by atoms with van der Waals surface area (Å²) >= 11 is 7.56. The van der Waals surface area contributed by atoms with E-state index in [-0.39, 0.29) is 6.10 Å². The summed E-state index contributed by atoms with van der Waals surface area (Å²) in [5, 5.41) is 0.761. The van der Waals surface area contributed by atoms with Gasteiger partial charge in [0, 0.05) is 11.3 Å². The number of nitrogens with one attached hydrogen (secondary N) is 1.